The summed E-state index contributed by atoms with van der Waals surface area (Å²) in [6.45, 7) is 8.82. The van der Waals surface area contributed by atoms with Crippen molar-refractivity contribution in [2.24, 2.45) is 5.92 Å². The van der Waals surface area contributed by atoms with Crippen LogP contribution in [0.25, 0.3) is 0 Å². The Labute approximate surface area is 135 Å². The fourth-order valence-corrected chi connectivity index (χ4v) is 2.96. The first-order valence-electron chi connectivity index (χ1n) is 8.74. The van der Waals surface area contributed by atoms with Crippen LogP contribution in [-0.2, 0) is 17.6 Å². The van der Waals surface area contributed by atoms with Gasteiger partial charge < -0.3 is 10.2 Å². The predicted octanol–water partition coefficient (Wildman–Crippen LogP) is 3.03. The van der Waals surface area contributed by atoms with E-state index in [0.717, 1.165) is 37.4 Å². The molecule has 2 rings (SSSR count). The van der Waals surface area contributed by atoms with Gasteiger partial charge in [-0.05, 0) is 62.4 Å². The number of rotatable bonds is 7. The van der Waals surface area contributed by atoms with Crippen molar-refractivity contribution in [3.63, 3.8) is 0 Å². The van der Waals surface area contributed by atoms with Crippen LogP contribution in [-0.4, -0.2) is 37.0 Å². The number of nitrogens with one attached hydrogen (secondary N) is 1. The topological polar surface area (TPSA) is 32.3 Å². The van der Waals surface area contributed by atoms with E-state index in [-0.39, 0.29) is 5.91 Å². The average molecular weight is 302 g/mol. The van der Waals surface area contributed by atoms with Gasteiger partial charge in [-0.15, -0.1) is 0 Å². The second kappa shape index (κ2) is 8.94. The Morgan fingerprint density at radius 1 is 1.18 bits per heavy atom. The third-order valence-electron chi connectivity index (χ3n) is 4.65. The molecule has 0 spiro atoms. The zero-order valence-electron chi connectivity index (χ0n) is 14.1. The van der Waals surface area contributed by atoms with Gasteiger partial charge in [0.1, 0.15) is 0 Å². The van der Waals surface area contributed by atoms with Crippen LogP contribution < -0.4 is 5.32 Å². The van der Waals surface area contributed by atoms with Crippen LogP contribution in [0.4, 0.5) is 0 Å². The third kappa shape index (κ3) is 5.80. The van der Waals surface area contributed by atoms with E-state index in [2.05, 4.69) is 48.3 Å². The Morgan fingerprint density at radius 2 is 1.82 bits per heavy atom. The third-order valence-corrected chi connectivity index (χ3v) is 4.65. The molecule has 0 aromatic heterocycles. The number of aryl methyl sites for hydroxylation is 1. The summed E-state index contributed by atoms with van der Waals surface area (Å²) in [4.78, 5) is 14.5. The normalized spacial score (nSPS) is 16.6. The Morgan fingerprint density at radius 3 is 2.45 bits per heavy atom. The van der Waals surface area contributed by atoms with Crippen LogP contribution >= 0.6 is 0 Å². The van der Waals surface area contributed by atoms with E-state index in [1.807, 2.05) is 0 Å². The van der Waals surface area contributed by atoms with Gasteiger partial charge in [-0.25, -0.2) is 0 Å². The molecular formula is C19H30N2O. The summed E-state index contributed by atoms with van der Waals surface area (Å²) in [5.74, 6) is 1.02. The molecule has 1 heterocycles. The maximum atomic E-state index is 11.9. The average Bonchev–Trinajstić information content (AvgIpc) is 2.54. The van der Waals surface area contributed by atoms with Gasteiger partial charge in [0.25, 0.3) is 0 Å². The lowest BCUT2D eigenvalue weighted by molar-refractivity contribution is -0.120. The van der Waals surface area contributed by atoms with Crippen molar-refractivity contribution >= 4 is 5.91 Å². The van der Waals surface area contributed by atoms with Gasteiger partial charge in [-0.1, -0.05) is 38.1 Å². The van der Waals surface area contributed by atoms with Crippen LogP contribution in [0.3, 0.4) is 0 Å². The second-order valence-electron chi connectivity index (χ2n) is 6.57. The molecule has 0 aliphatic carbocycles. The van der Waals surface area contributed by atoms with Crippen molar-refractivity contribution in [3.8, 4) is 0 Å². The molecule has 1 aliphatic heterocycles. The van der Waals surface area contributed by atoms with Crippen molar-refractivity contribution in [1.82, 2.24) is 10.2 Å². The summed E-state index contributed by atoms with van der Waals surface area (Å²) in [5.41, 5.74) is 2.42. The molecule has 0 bridgehead atoms. The van der Waals surface area contributed by atoms with Crippen molar-refractivity contribution in [3.05, 3.63) is 35.4 Å². The van der Waals surface area contributed by atoms with E-state index >= 15 is 0 Å². The summed E-state index contributed by atoms with van der Waals surface area (Å²) in [6, 6.07) is 8.35. The fraction of sp³-hybridized carbons (Fsp3) is 0.632. The lowest BCUT2D eigenvalue weighted by Crippen LogP contribution is -2.35. The lowest BCUT2D eigenvalue weighted by atomic mass is 9.99. The molecule has 1 aliphatic rings. The first-order chi connectivity index (χ1) is 10.7. The highest BCUT2D eigenvalue weighted by molar-refractivity contribution is 5.78. The smallest absolute Gasteiger partial charge is 0.224 e. The number of hydrogen-bond donors (Lipinski definition) is 1. The Kier molecular flexibility index (Phi) is 6.91. The molecule has 1 fully saturated rings. The summed E-state index contributed by atoms with van der Waals surface area (Å²) < 4.78 is 0. The monoisotopic (exact) mass is 302 g/mol. The largest absolute Gasteiger partial charge is 0.356 e. The van der Waals surface area contributed by atoms with Gasteiger partial charge in [0.2, 0.25) is 5.91 Å². The molecule has 3 nitrogen and oxygen atoms in total. The quantitative estimate of drug-likeness (QED) is 0.785. The van der Waals surface area contributed by atoms with Crippen molar-refractivity contribution in [1.29, 1.82) is 0 Å². The van der Waals surface area contributed by atoms with E-state index in [1.165, 1.54) is 31.5 Å². The van der Waals surface area contributed by atoms with E-state index < -0.39 is 0 Å². The first-order valence-corrected chi connectivity index (χ1v) is 8.74. The molecule has 0 unspecified atom stereocenters. The Bertz CT molecular complexity index is 447. The van der Waals surface area contributed by atoms with Crippen LogP contribution in [0.5, 0.6) is 0 Å². The number of likely N-dealkylation sites (tertiary alicyclic amines) is 1. The SMILES string of the molecule is CCc1ccc(CC(=O)NCCCN2CCC(C)CC2)cc1. The zero-order valence-corrected chi connectivity index (χ0v) is 14.1. The van der Waals surface area contributed by atoms with E-state index in [9.17, 15) is 4.79 Å². The highest BCUT2D eigenvalue weighted by Crippen LogP contribution is 2.15. The maximum absolute atomic E-state index is 11.9. The van der Waals surface area contributed by atoms with E-state index in [1.54, 1.807) is 0 Å². The number of piperidine rings is 1. The predicted molar refractivity (Wildman–Crippen MR) is 92.0 cm³/mol. The van der Waals surface area contributed by atoms with Gasteiger partial charge >= 0.3 is 0 Å². The molecule has 3 heteroatoms. The molecule has 1 saturated heterocycles. The molecule has 1 aromatic carbocycles. The fourth-order valence-electron chi connectivity index (χ4n) is 2.96. The van der Waals surface area contributed by atoms with Crippen LogP contribution in [0.15, 0.2) is 24.3 Å². The minimum absolute atomic E-state index is 0.136. The highest BCUT2D eigenvalue weighted by Gasteiger charge is 2.14. The number of amides is 1. The minimum atomic E-state index is 0.136. The van der Waals surface area contributed by atoms with Crippen molar-refractivity contribution in [2.75, 3.05) is 26.2 Å². The molecular weight excluding hydrogens is 272 g/mol. The lowest BCUT2D eigenvalue weighted by Gasteiger charge is -2.30. The number of hydrogen-bond acceptors (Lipinski definition) is 2. The number of benzene rings is 1. The molecule has 0 radical (unpaired) electrons. The molecule has 0 atom stereocenters. The summed E-state index contributed by atoms with van der Waals surface area (Å²) in [7, 11) is 0. The Balaban J connectivity index is 1.59. The van der Waals surface area contributed by atoms with Crippen LogP contribution in [0, 0.1) is 5.92 Å². The van der Waals surface area contributed by atoms with E-state index in [4.69, 9.17) is 0 Å². The minimum Gasteiger partial charge on any atom is -0.356 e. The standard InChI is InChI=1S/C19H30N2O/c1-3-17-5-7-18(8-6-17)15-19(22)20-11-4-12-21-13-9-16(2)10-14-21/h5-8,16H,3-4,9-15H2,1-2H3,(H,20,22). The highest BCUT2D eigenvalue weighted by atomic mass is 16.1. The maximum Gasteiger partial charge on any atom is 0.224 e. The first kappa shape index (κ1) is 17.0. The summed E-state index contributed by atoms with van der Waals surface area (Å²) >= 11 is 0. The molecule has 1 aromatic rings. The molecule has 0 saturated carbocycles. The van der Waals surface area contributed by atoms with Crippen molar-refractivity contribution in [2.45, 2.75) is 46.0 Å². The number of carbonyl (C=O) groups excluding carboxylic acids is 1. The van der Waals surface area contributed by atoms with Gasteiger partial charge in [0.05, 0.1) is 6.42 Å². The van der Waals surface area contributed by atoms with Crippen molar-refractivity contribution < 1.29 is 4.79 Å². The molecule has 122 valence electrons. The summed E-state index contributed by atoms with van der Waals surface area (Å²) in [5, 5.41) is 3.04. The molecule has 1 N–H and O–H groups in total. The Hall–Kier alpha value is -1.35. The van der Waals surface area contributed by atoms with Gasteiger partial charge in [-0.3, -0.25) is 4.79 Å². The van der Waals surface area contributed by atoms with Gasteiger partial charge in [-0.2, -0.15) is 0 Å². The summed E-state index contributed by atoms with van der Waals surface area (Å²) in [6.07, 6.45) is 5.22. The molecule has 22 heavy (non-hydrogen) atoms. The zero-order chi connectivity index (χ0) is 15.8. The number of carbonyl (C=O) groups is 1. The van der Waals surface area contributed by atoms with E-state index in [0.29, 0.717) is 6.42 Å². The van der Waals surface area contributed by atoms with Crippen LogP contribution in [0.2, 0.25) is 0 Å². The second-order valence-corrected chi connectivity index (χ2v) is 6.57. The number of nitrogens with zero attached hydrogens (tertiary/aromatic N) is 1. The van der Waals surface area contributed by atoms with Crippen LogP contribution in [0.1, 0.15) is 44.2 Å². The van der Waals surface area contributed by atoms with Gasteiger partial charge in [0, 0.05) is 6.54 Å². The van der Waals surface area contributed by atoms with Gasteiger partial charge in [0.15, 0.2) is 0 Å². The molecule has 1 amide bonds.